The van der Waals surface area contributed by atoms with Gasteiger partial charge in [-0.1, -0.05) is 6.92 Å². The molecule has 17 heavy (non-hydrogen) atoms. The fraction of sp³-hybridized carbons (Fsp3) is 0.636. The number of nitrogens with one attached hydrogen (secondary N) is 1. The SMILES string of the molecule is CC(CO)CNCc1cn(C)c(=O)n(C)c1=O. The first-order valence-corrected chi connectivity index (χ1v) is 5.54. The maximum atomic E-state index is 11.7. The number of aromatic nitrogens is 2. The lowest BCUT2D eigenvalue weighted by molar-refractivity contribution is 0.233. The minimum atomic E-state index is -0.331. The number of aliphatic hydroxyl groups is 1. The molecule has 0 saturated heterocycles. The third-order valence-corrected chi connectivity index (χ3v) is 2.64. The first-order valence-electron chi connectivity index (χ1n) is 5.54. The quantitative estimate of drug-likeness (QED) is 0.679. The van der Waals surface area contributed by atoms with Gasteiger partial charge in [0, 0.05) is 45.6 Å². The normalized spacial score (nSPS) is 12.7. The number of aliphatic hydroxyl groups excluding tert-OH is 1. The zero-order chi connectivity index (χ0) is 13.0. The first-order chi connectivity index (χ1) is 7.97. The molecule has 0 aliphatic heterocycles. The number of hydrogen-bond acceptors (Lipinski definition) is 4. The van der Waals surface area contributed by atoms with Gasteiger partial charge in [0.2, 0.25) is 0 Å². The van der Waals surface area contributed by atoms with Crippen molar-refractivity contribution in [3.63, 3.8) is 0 Å². The molecule has 6 nitrogen and oxygen atoms in total. The number of hydrogen-bond donors (Lipinski definition) is 2. The van der Waals surface area contributed by atoms with Crippen molar-refractivity contribution in [3.8, 4) is 0 Å². The van der Waals surface area contributed by atoms with Crippen LogP contribution in [0.25, 0.3) is 0 Å². The van der Waals surface area contributed by atoms with Crippen LogP contribution in [0.4, 0.5) is 0 Å². The van der Waals surface area contributed by atoms with E-state index in [0.717, 1.165) is 4.57 Å². The minimum Gasteiger partial charge on any atom is -0.396 e. The van der Waals surface area contributed by atoms with Gasteiger partial charge in [-0.3, -0.25) is 9.36 Å². The molecule has 0 fully saturated rings. The lowest BCUT2D eigenvalue weighted by Crippen LogP contribution is -2.39. The molecule has 0 amide bonds. The summed E-state index contributed by atoms with van der Waals surface area (Å²) < 4.78 is 2.47. The van der Waals surface area contributed by atoms with Crippen molar-refractivity contribution in [1.82, 2.24) is 14.5 Å². The van der Waals surface area contributed by atoms with Crippen LogP contribution in [0.5, 0.6) is 0 Å². The molecular formula is C11H19N3O3. The van der Waals surface area contributed by atoms with E-state index < -0.39 is 0 Å². The standard InChI is InChI=1S/C11H19N3O3/c1-8(7-15)4-12-5-9-6-13(2)11(17)14(3)10(9)16/h6,8,12,15H,4-5,7H2,1-3H3. The highest BCUT2D eigenvalue weighted by molar-refractivity contribution is 5.05. The Balaban J connectivity index is 2.80. The molecule has 96 valence electrons. The predicted octanol–water partition coefficient (Wildman–Crippen LogP) is -1.20. The Bertz CT molecular complexity index is 490. The summed E-state index contributed by atoms with van der Waals surface area (Å²) in [6, 6.07) is 0. The zero-order valence-corrected chi connectivity index (χ0v) is 10.4. The van der Waals surface area contributed by atoms with Crippen molar-refractivity contribution >= 4 is 0 Å². The third-order valence-electron chi connectivity index (χ3n) is 2.64. The largest absolute Gasteiger partial charge is 0.396 e. The summed E-state index contributed by atoms with van der Waals surface area (Å²) in [6.07, 6.45) is 1.54. The van der Waals surface area contributed by atoms with Crippen LogP contribution in [0, 0.1) is 5.92 Å². The second-order valence-corrected chi connectivity index (χ2v) is 4.33. The number of aryl methyl sites for hydroxylation is 1. The predicted molar refractivity (Wildman–Crippen MR) is 64.9 cm³/mol. The lowest BCUT2D eigenvalue weighted by Gasteiger charge is -2.10. The van der Waals surface area contributed by atoms with Crippen LogP contribution in [0.2, 0.25) is 0 Å². The van der Waals surface area contributed by atoms with E-state index in [4.69, 9.17) is 5.11 Å². The second-order valence-electron chi connectivity index (χ2n) is 4.33. The van der Waals surface area contributed by atoms with Crippen molar-refractivity contribution in [3.05, 3.63) is 32.6 Å². The van der Waals surface area contributed by atoms with Crippen LogP contribution in [-0.4, -0.2) is 27.4 Å². The zero-order valence-electron chi connectivity index (χ0n) is 10.4. The molecule has 1 rings (SSSR count). The topological polar surface area (TPSA) is 76.3 Å². The van der Waals surface area contributed by atoms with Crippen LogP contribution in [0.1, 0.15) is 12.5 Å². The van der Waals surface area contributed by atoms with Gasteiger partial charge in [0.25, 0.3) is 5.56 Å². The summed E-state index contributed by atoms with van der Waals surface area (Å²) in [6.45, 7) is 3.04. The van der Waals surface area contributed by atoms with Gasteiger partial charge in [0.1, 0.15) is 0 Å². The Morgan fingerprint density at radius 1 is 1.41 bits per heavy atom. The van der Waals surface area contributed by atoms with Crippen molar-refractivity contribution in [1.29, 1.82) is 0 Å². The second kappa shape index (κ2) is 5.79. The van der Waals surface area contributed by atoms with Gasteiger partial charge in [-0.2, -0.15) is 0 Å². The van der Waals surface area contributed by atoms with Gasteiger partial charge in [-0.15, -0.1) is 0 Å². The molecule has 0 spiro atoms. The van der Waals surface area contributed by atoms with Gasteiger partial charge in [0.15, 0.2) is 0 Å². The average molecular weight is 241 g/mol. The van der Waals surface area contributed by atoms with Crippen molar-refractivity contribution in [2.24, 2.45) is 20.0 Å². The van der Waals surface area contributed by atoms with E-state index >= 15 is 0 Å². The van der Waals surface area contributed by atoms with Gasteiger partial charge in [-0.25, -0.2) is 4.79 Å². The monoisotopic (exact) mass is 241 g/mol. The molecule has 0 aliphatic carbocycles. The smallest absolute Gasteiger partial charge is 0.330 e. The summed E-state index contributed by atoms with van der Waals surface area (Å²) in [5.41, 5.74) is -0.0699. The van der Waals surface area contributed by atoms with Crippen molar-refractivity contribution < 1.29 is 5.11 Å². The molecule has 1 unspecified atom stereocenters. The number of nitrogens with zero attached hydrogens (tertiary/aromatic N) is 2. The molecule has 2 N–H and O–H groups in total. The highest BCUT2D eigenvalue weighted by Crippen LogP contribution is 1.91. The van der Waals surface area contributed by atoms with Gasteiger partial charge < -0.3 is 15.0 Å². The van der Waals surface area contributed by atoms with Gasteiger partial charge in [-0.05, 0) is 5.92 Å². The Hall–Kier alpha value is -1.40. The molecule has 1 aromatic heterocycles. The van der Waals surface area contributed by atoms with Gasteiger partial charge >= 0.3 is 5.69 Å². The summed E-state index contributed by atoms with van der Waals surface area (Å²) in [5, 5.41) is 11.9. The van der Waals surface area contributed by atoms with Crippen molar-refractivity contribution in [2.45, 2.75) is 13.5 Å². The third kappa shape index (κ3) is 3.28. The summed E-state index contributed by atoms with van der Waals surface area (Å²) in [7, 11) is 3.08. The first kappa shape index (κ1) is 13.7. The maximum Gasteiger partial charge on any atom is 0.330 e. The Labute approximate surface area is 99.5 Å². The summed E-state index contributed by atoms with van der Waals surface area (Å²) in [4.78, 5) is 23.2. The fourth-order valence-electron chi connectivity index (χ4n) is 1.52. The van der Waals surface area contributed by atoms with Crippen LogP contribution in [0.15, 0.2) is 15.8 Å². The van der Waals surface area contributed by atoms with Crippen LogP contribution < -0.4 is 16.6 Å². The average Bonchev–Trinajstić information content (AvgIpc) is 2.32. The highest BCUT2D eigenvalue weighted by Gasteiger charge is 2.07. The van der Waals surface area contributed by atoms with Crippen LogP contribution in [0.3, 0.4) is 0 Å². The highest BCUT2D eigenvalue weighted by atomic mass is 16.3. The molecule has 0 aromatic carbocycles. The van der Waals surface area contributed by atoms with Crippen LogP contribution in [-0.2, 0) is 20.6 Å². The molecule has 6 heteroatoms. The minimum absolute atomic E-state index is 0.109. The molecule has 0 radical (unpaired) electrons. The fourth-order valence-corrected chi connectivity index (χ4v) is 1.52. The Morgan fingerprint density at radius 3 is 2.65 bits per heavy atom. The summed E-state index contributed by atoms with van der Waals surface area (Å²) in [5.74, 6) is 0.145. The van der Waals surface area contributed by atoms with Gasteiger partial charge in [0.05, 0.1) is 0 Å². The summed E-state index contributed by atoms with van der Waals surface area (Å²) >= 11 is 0. The molecule has 1 atom stereocenters. The molecule has 0 saturated carbocycles. The maximum absolute atomic E-state index is 11.7. The van der Waals surface area contributed by atoms with E-state index in [9.17, 15) is 9.59 Å². The number of rotatable bonds is 5. The van der Waals surface area contributed by atoms with Crippen molar-refractivity contribution in [2.75, 3.05) is 13.2 Å². The molecular weight excluding hydrogens is 222 g/mol. The van der Waals surface area contributed by atoms with E-state index in [0.29, 0.717) is 18.7 Å². The Morgan fingerprint density at radius 2 is 2.06 bits per heavy atom. The van der Waals surface area contributed by atoms with E-state index in [1.807, 2.05) is 6.92 Å². The molecule has 1 heterocycles. The molecule has 0 aliphatic rings. The van der Waals surface area contributed by atoms with E-state index in [2.05, 4.69) is 5.32 Å². The van der Waals surface area contributed by atoms with E-state index in [1.165, 1.54) is 11.6 Å². The lowest BCUT2D eigenvalue weighted by atomic mass is 10.2. The van der Waals surface area contributed by atoms with Crippen LogP contribution >= 0.6 is 0 Å². The van der Waals surface area contributed by atoms with E-state index in [1.54, 1.807) is 13.2 Å². The van der Waals surface area contributed by atoms with E-state index in [-0.39, 0.29) is 23.8 Å². The molecule has 1 aromatic rings. The Kier molecular flexibility index (Phi) is 4.65. The molecule has 0 bridgehead atoms.